The van der Waals surface area contributed by atoms with Crippen molar-refractivity contribution in [1.82, 2.24) is 14.5 Å². The third-order valence-electron chi connectivity index (χ3n) is 2.36. The van der Waals surface area contributed by atoms with Crippen LogP contribution in [0.25, 0.3) is 0 Å². The Morgan fingerprint density at radius 1 is 1.47 bits per heavy atom. The molecular weight excluding hydrogens is 262 g/mol. The Morgan fingerprint density at radius 2 is 2.12 bits per heavy atom. The van der Waals surface area contributed by atoms with Crippen LogP contribution < -0.4 is 0 Å². The van der Waals surface area contributed by atoms with Crippen LogP contribution in [0.5, 0.6) is 0 Å². The molecule has 17 heavy (non-hydrogen) atoms. The second-order valence-electron chi connectivity index (χ2n) is 4.25. The lowest BCUT2D eigenvalue weighted by Gasteiger charge is -2.12. The first-order valence-electron chi connectivity index (χ1n) is 5.31. The Bertz CT molecular complexity index is 468. The van der Waals surface area contributed by atoms with E-state index >= 15 is 0 Å². The van der Waals surface area contributed by atoms with E-state index in [-0.39, 0.29) is 11.0 Å². The second kappa shape index (κ2) is 5.84. The lowest BCUT2D eigenvalue weighted by Crippen LogP contribution is -2.17. The van der Waals surface area contributed by atoms with Gasteiger partial charge < -0.3 is 9.47 Å². The number of halogens is 1. The van der Waals surface area contributed by atoms with E-state index < -0.39 is 9.84 Å². The van der Waals surface area contributed by atoms with E-state index in [9.17, 15) is 8.42 Å². The molecule has 0 aromatic carbocycles. The number of nitrogens with zero attached hydrogens (tertiary/aromatic N) is 3. The van der Waals surface area contributed by atoms with Crippen LogP contribution in [0.1, 0.15) is 12.1 Å². The number of hydrogen-bond acceptors (Lipinski definition) is 4. The van der Waals surface area contributed by atoms with Gasteiger partial charge in [-0.15, -0.1) is 11.6 Å². The zero-order valence-corrected chi connectivity index (χ0v) is 11.9. The molecule has 0 fully saturated rings. The molecule has 0 atom stereocenters. The summed E-state index contributed by atoms with van der Waals surface area (Å²) >= 11 is 5.77. The van der Waals surface area contributed by atoms with Gasteiger partial charge in [-0.25, -0.2) is 13.4 Å². The topological polar surface area (TPSA) is 55.2 Å². The van der Waals surface area contributed by atoms with Gasteiger partial charge in [-0.2, -0.15) is 0 Å². The van der Waals surface area contributed by atoms with Crippen LogP contribution in [-0.4, -0.2) is 49.8 Å². The summed E-state index contributed by atoms with van der Waals surface area (Å²) in [6.45, 7) is 1.51. The van der Waals surface area contributed by atoms with E-state index in [4.69, 9.17) is 11.6 Å². The van der Waals surface area contributed by atoms with Crippen molar-refractivity contribution in [2.45, 2.75) is 24.0 Å². The van der Waals surface area contributed by atoms with Gasteiger partial charge in [0, 0.05) is 12.8 Å². The molecule has 0 amide bonds. The quantitative estimate of drug-likeness (QED) is 0.729. The zero-order chi connectivity index (χ0) is 13.1. The van der Waals surface area contributed by atoms with Gasteiger partial charge in [0.25, 0.3) is 0 Å². The molecule has 0 aliphatic carbocycles. The Kier molecular flexibility index (Phi) is 4.97. The maximum atomic E-state index is 11.5. The number of hydrogen-bond donors (Lipinski definition) is 0. The van der Waals surface area contributed by atoms with Gasteiger partial charge >= 0.3 is 0 Å². The molecule has 0 spiro atoms. The minimum absolute atomic E-state index is 0.104. The minimum Gasteiger partial charge on any atom is -0.318 e. The minimum atomic E-state index is -3.29. The van der Waals surface area contributed by atoms with Crippen LogP contribution in [-0.2, 0) is 22.3 Å². The molecule has 0 saturated carbocycles. The molecular formula is C10H18ClN3O2S. The van der Waals surface area contributed by atoms with Gasteiger partial charge in [0.15, 0.2) is 0 Å². The molecule has 1 aromatic heterocycles. The van der Waals surface area contributed by atoms with Crippen molar-refractivity contribution >= 4 is 21.4 Å². The first-order valence-corrected chi connectivity index (χ1v) is 7.74. The highest BCUT2D eigenvalue weighted by atomic mass is 35.5. The lowest BCUT2D eigenvalue weighted by atomic mass is 10.4. The summed E-state index contributed by atoms with van der Waals surface area (Å²) in [5, 5.41) is 0.104. The summed E-state index contributed by atoms with van der Waals surface area (Å²) in [5.41, 5.74) is 0.742. The molecule has 0 unspecified atom stereocenters. The summed E-state index contributed by atoms with van der Waals surface area (Å²) in [4.78, 5) is 5.99. The Balaban J connectivity index is 2.91. The van der Waals surface area contributed by atoms with Crippen LogP contribution in [0.4, 0.5) is 0 Å². The Labute approximate surface area is 107 Å². The average molecular weight is 280 g/mol. The van der Waals surface area contributed by atoms with Crippen molar-refractivity contribution in [3.05, 3.63) is 11.9 Å². The van der Waals surface area contributed by atoms with E-state index in [1.165, 1.54) is 6.20 Å². The molecule has 0 N–H and O–H groups in total. The standard InChI is InChI=1S/C10H18ClN3O2S/c1-13(2)5-4-6-14-9(7-11)8-12-10(14)17(3,15)16/h8H,4-7H2,1-3H3. The summed E-state index contributed by atoms with van der Waals surface area (Å²) in [7, 11) is 0.666. The van der Waals surface area contributed by atoms with Crippen LogP contribution >= 0.6 is 11.6 Å². The van der Waals surface area contributed by atoms with E-state index in [2.05, 4.69) is 9.88 Å². The molecule has 0 bridgehead atoms. The van der Waals surface area contributed by atoms with Crippen molar-refractivity contribution in [3.8, 4) is 0 Å². The fourth-order valence-corrected chi connectivity index (χ4v) is 2.65. The van der Waals surface area contributed by atoms with Gasteiger partial charge in [0.05, 0.1) is 17.8 Å². The maximum Gasteiger partial charge on any atom is 0.227 e. The van der Waals surface area contributed by atoms with Gasteiger partial charge in [-0.1, -0.05) is 0 Å². The molecule has 7 heteroatoms. The number of imidazole rings is 1. The van der Waals surface area contributed by atoms with Crippen molar-refractivity contribution in [1.29, 1.82) is 0 Å². The molecule has 5 nitrogen and oxygen atoms in total. The van der Waals surface area contributed by atoms with Gasteiger partial charge in [-0.3, -0.25) is 0 Å². The van der Waals surface area contributed by atoms with Gasteiger partial charge in [-0.05, 0) is 27.1 Å². The Hall–Kier alpha value is -0.590. The molecule has 0 radical (unpaired) electrons. The predicted molar refractivity (Wildman–Crippen MR) is 68.1 cm³/mol. The fraction of sp³-hybridized carbons (Fsp3) is 0.700. The number of rotatable bonds is 6. The number of aromatic nitrogens is 2. The highest BCUT2D eigenvalue weighted by Crippen LogP contribution is 2.14. The largest absolute Gasteiger partial charge is 0.318 e. The summed E-state index contributed by atoms with van der Waals surface area (Å²) < 4.78 is 24.8. The fourth-order valence-electron chi connectivity index (χ4n) is 1.58. The van der Waals surface area contributed by atoms with Crippen LogP contribution in [0.3, 0.4) is 0 Å². The first-order chi connectivity index (χ1) is 7.86. The molecule has 1 aromatic rings. The van der Waals surface area contributed by atoms with Crippen LogP contribution in [0.2, 0.25) is 0 Å². The van der Waals surface area contributed by atoms with Crippen molar-refractivity contribution in [3.63, 3.8) is 0 Å². The average Bonchev–Trinajstić information content (AvgIpc) is 2.59. The SMILES string of the molecule is CN(C)CCCn1c(CCl)cnc1S(C)(=O)=O. The second-order valence-corrected chi connectivity index (χ2v) is 6.42. The summed E-state index contributed by atoms with van der Waals surface area (Å²) in [5.74, 6) is 0.268. The normalized spacial score (nSPS) is 12.3. The molecule has 98 valence electrons. The first kappa shape index (κ1) is 14.5. The van der Waals surface area contributed by atoms with Crippen LogP contribution in [0.15, 0.2) is 11.4 Å². The number of sulfone groups is 1. The van der Waals surface area contributed by atoms with Gasteiger partial charge in [0.2, 0.25) is 15.0 Å². The van der Waals surface area contributed by atoms with Crippen LogP contribution in [0, 0.1) is 0 Å². The predicted octanol–water partition coefficient (Wildman–Crippen LogP) is 0.977. The zero-order valence-electron chi connectivity index (χ0n) is 10.4. The van der Waals surface area contributed by atoms with E-state index in [0.717, 1.165) is 24.9 Å². The highest BCUT2D eigenvalue weighted by Gasteiger charge is 2.17. The monoisotopic (exact) mass is 279 g/mol. The Morgan fingerprint density at radius 3 is 2.59 bits per heavy atom. The molecule has 0 aliphatic rings. The van der Waals surface area contributed by atoms with Gasteiger partial charge in [0.1, 0.15) is 0 Å². The molecule has 0 aliphatic heterocycles. The van der Waals surface area contributed by atoms with E-state index in [1.807, 2.05) is 14.1 Å². The smallest absolute Gasteiger partial charge is 0.227 e. The highest BCUT2D eigenvalue weighted by molar-refractivity contribution is 7.90. The summed E-state index contributed by atoms with van der Waals surface area (Å²) in [6.07, 6.45) is 3.55. The maximum absolute atomic E-state index is 11.5. The van der Waals surface area contributed by atoms with E-state index in [1.54, 1.807) is 4.57 Å². The van der Waals surface area contributed by atoms with E-state index in [0.29, 0.717) is 6.54 Å². The third-order valence-corrected chi connectivity index (χ3v) is 3.62. The number of alkyl halides is 1. The van der Waals surface area contributed by atoms with Crippen molar-refractivity contribution < 1.29 is 8.42 Å². The van der Waals surface area contributed by atoms with Crippen molar-refractivity contribution in [2.24, 2.45) is 0 Å². The molecule has 1 heterocycles. The molecule has 0 saturated heterocycles. The lowest BCUT2D eigenvalue weighted by molar-refractivity contribution is 0.380. The molecule has 1 rings (SSSR count). The third kappa shape index (κ3) is 3.97. The summed E-state index contributed by atoms with van der Waals surface area (Å²) in [6, 6.07) is 0. The van der Waals surface area contributed by atoms with Crippen molar-refractivity contribution in [2.75, 3.05) is 26.9 Å².